The van der Waals surface area contributed by atoms with Gasteiger partial charge in [-0.3, -0.25) is 0 Å². The molecule has 4 heteroatoms. The molecule has 0 saturated carbocycles. The van der Waals surface area contributed by atoms with E-state index in [1.54, 1.807) is 6.20 Å². The lowest BCUT2D eigenvalue weighted by Crippen LogP contribution is -2.14. The van der Waals surface area contributed by atoms with E-state index < -0.39 is 0 Å². The molecule has 0 saturated heterocycles. The number of hydrogen-bond acceptors (Lipinski definition) is 4. The van der Waals surface area contributed by atoms with Crippen molar-refractivity contribution in [3.05, 3.63) is 102 Å². The number of nitrogens with zero attached hydrogens (tertiary/aromatic N) is 3. The van der Waals surface area contributed by atoms with Crippen molar-refractivity contribution in [3.63, 3.8) is 0 Å². The summed E-state index contributed by atoms with van der Waals surface area (Å²) in [6.45, 7) is 7.89. The summed E-state index contributed by atoms with van der Waals surface area (Å²) < 4.78 is 0. The topological polar surface area (TPSA) is 41.0 Å². The highest BCUT2D eigenvalue weighted by Gasteiger charge is 2.13. The molecule has 0 aliphatic heterocycles. The SMILES string of the molecule is C=CNc1ccc(CCc2cc(N(C)c3nc(C)nc4ccccc34)ccc2CC)cc1. The predicted molar refractivity (Wildman–Crippen MR) is 136 cm³/mol. The third-order valence-corrected chi connectivity index (χ3v) is 5.88. The molecule has 32 heavy (non-hydrogen) atoms. The van der Waals surface area contributed by atoms with E-state index in [0.717, 1.165) is 53.2 Å². The first-order valence-corrected chi connectivity index (χ1v) is 11.1. The lowest BCUT2D eigenvalue weighted by atomic mass is 9.97. The monoisotopic (exact) mass is 422 g/mol. The van der Waals surface area contributed by atoms with Crippen LogP contribution in [0.4, 0.5) is 17.2 Å². The Kier molecular flexibility index (Phi) is 6.50. The molecule has 0 fully saturated rings. The molecule has 0 atom stereocenters. The van der Waals surface area contributed by atoms with Crippen LogP contribution in [-0.2, 0) is 19.3 Å². The van der Waals surface area contributed by atoms with Gasteiger partial charge in [-0.05, 0) is 85.5 Å². The van der Waals surface area contributed by atoms with E-state index in [9.17, 15) is 0 Å². The van der Waals surface area contributed by atoms with Gasteiger partial charge in [-0.1, -0.05) is 43.8 Å². The van der Waals surface area contributed by atoms with Crippen LogP contribution in [0.25, 0.3) is 10.9 Å². The van der Waals surface area contributed by atoms with Crippen LogP contribution in [0.2, 0.25) is 0 Å². The molecule has 4 aromatic rings. The van der Waals surface area contributed by atoms with Crippen LogP contribution < -0.4 is 10.2 Å². The zero-order valence-electron chi connectivity index (χ0n) is 19.1. The summed E-state index contributed by atoms with van der Waals surface area (Å²) in [7, 11) is 2.09. The van der Waals surface area contributed by atoms with Crippen molar-refractivity contribution in [2.75, 3.05) is 17.3 Å². The van der Waals surface area contributed by atoms with Gasteiger partial charge in [-0.2, -0.15) is 0 Å². The van der Waals surface area contributed by atoms with E-state index in [-0.39, 0.29) is 0 Å². The molecular formula is C28H30N4. The Balaban J connectivity index is 1.61. The second-order valence-corrected chi connectivity index (χ2v) is 8.02. The zero-order valence-corrected chi connectivity index (χ0v) is 19.1. The molecule has 0 bridgehead atoms. The lowest BCUT2D eigenvalue weighted by molar-refractivity contribution is 0.928. The van der Waals surface area contributed by atoms with E-state index in [1.165, 1.54) is 16.7 Å². The summed E-state index contributed by atoms with van der Waals surface area (Å²) in [5.41, 5.74) is 7.30. The van der Waals surface area contributed by atoms with Crippen molar-refractivity contribution in [1.29, 1.82) is 0 Å². The molecule has 0 spiro atoms. The smallest absolute Gasteiger partial charge is 0.144 e. The predicted octanol–water partition coefficient (Wildman–Crippen LogP) is 6.61. The molecule has 162 valence electrons. The minimum Gasteiger partial charge on any atom is -0.362 e. The van der Waals surface area contributed by atoms with Crippen LogP contribution in [-0.4, -0.2) is 17.0 Å². The minimum absolute atomic E-state index is 0.783. The Morgan fingerprint density at radius 2 is 1.72 bits per heavy atom. The van der Waals surface area contributed by atoms with Gasteiger partial charge < -0.3 is 10.2 Å². The maximum atomic E-state index is 4.77. The van der Waals surface area contributed by atoms with E-state index in [2.05, 4.69) is 84.3 Å². The number of benzene rings is 3. The van der Waals surface area contributed by atoms with Gasteiger partial charge in [0.05, 0.1) is 5.52 Å². The summed E-state index contributed by atoms with van der Waals surface area (Å²) in [5, 5.41) is 4.19. The van der Waals surface area contributed by atoms with E-state index in [1.807, 2.05) is 25.1 Å². The molecule has 1 N–H and O–H groups in total. The van der Waals surface area contributed by atoms with Crippen molar-refractivity contribution < 1.29 is 0 Å². The van der Waals surface area contributed by atoms with Crippen LogP contribution in [0.1, 0.15) is 29.4 Å². The fourth-order valence-corrected chi connectivity index (χ4v) is 4.11. The fraction of sp³-hybridized carbons (Fsp3) is 0.214. The quantitative estimate of drug-likeness (QED) is 0.347. The highest BCUT2D eigenvalue weighted by atomic mass is 15.2. The first-order chi connectivity index (χ1) is 15.6. The van der Waals surface area contributed by atoms with Crippen LogP contribution >= 0.6 is 0 Å². The summed E-state index contributed by atoms with van der Waals surface area (Å²) in [5.74, 6) is 1.72. The van der Waals surface area contributed by atoms with Crippen LogP contribution in [0, 0.1) is 6.92 Å². The van der Waals surface area contributed by atoms with Gasteiger partial charge in [0.25, 0.3) is 0 Å². The third kappa shape index (κ3) is 4.65. The Labute approximate surface area is 190 Å². The number of anilines is 3. The zero-order chi connectivity index (χ0) is 22.5. The third-order valence-electron chi connectivity index (χ3n) is 5.88. The second-order valence-electron chi connectivity index (χ2n) is 8.02. The molecule has 0 aliphatic carbocycles. The van der Waals surface area contributed by atoms with E-state index in [0.29, 0.717) is 0 Å². The maximum Gasteiger partial charge on any atom is 0.144 e. The van der Waals surface area contributed by atoms with Gasteiger partial charge in [0, 0.05) is 23.8 Å². The molecule has 1 heterocycles. The van der Waals surface area contributed by atoms with Crippen molar-refractivity contribution >= 4 is 28.1 Å². The summed E-state index contributed by atoms with van der Waals surface area (Å²) in [6.07, 6.45) is 4.73. The lowest BCUT2D eigenvalue weighted by Gasteiger charge is -2.22. The average molecular weight is 423 g/mol. The van der Waals surface area contributed by atoms with Crippen molar-refractivity contribution in [2.45, 2.75) is 33.1 Å². The highest BCUT2D eigenvalue weighted by molar-refractivity contribution is 5.91. The Bertz CT molecular complexity index is 1230. The van der Waals surface area contributed by atoms with Gasteiger partial charge in [0.15, 0.2) is 0 Å². The molecule has 0 radical (unpaired) electrons. The molecule has 3 aromatic carbocycles. The van der Waals surface area contributed by atoms with Gasteiger partial charge >= 0.3 is 0 Å². The Morgan fingerprint density at radius 3 is 2.47 bits per heavy atom. The number of aromatic nitrogens is 2. The molecule has 0 amide bonds. The first kappa shape index (κ1) is 21.6. The van der Waals surface area contributed by atoms with Gasteiger partial charge in [-0.25, -0.2) is 9.97 Å². The van der Waals surface area contributed by atoms with E-state index >= 15 is 0 Å². The number of nitrogens with one attached hydrogen (secondary N) is 1. The number of fused-ring (bicyclic) bond motifs is 1. The summed E-state index contributed by atoms with van der Waals surface area (Å²) >= 11 is 0. The van der Waals surface area contributed by atoms with Gasteiger partial charge in [0.1, 0.15) is 11.6 Å². The van der Waals surface area contributed by atoms with Crippen LogP contribution in [0.15, 0.2) is 79.5 Å². The normalized spacial score (nSPS) is 10.8. The van der Waals surface area contributed by atoms with Crippen LogP contribution in [0.3, 0.4) is 0 Å². The van der Waals surface area contributed by atoms with Gasteiger partial charge in [0.2, 0.25) is 0 Å². The molecule has 4 rings (SSSR count). The molecule has 0 aliphatic rings. The number of hydrogen-bond donors (Lipinski definition) is 1. The Hall–Kier alpha value is -3.66. The second kappa shape index (κ2) is 9.65. The van der Waals surface area contributed by atoms with Crippen molar-refractivity contribution in [3.8, 4) is 0 Å². The molecule has 1 aromatic heterocycles. The highest BCUT2D eigenvalue weighted by Crippen LogP contribution is 2.30. The maximum absolute atomic E-state index is 4.77. The standard InChI is InChI=1S/C28H30N4/c1-5-22-15-18-25(19-23(22)14-11-21-12-16-24(17-13-21)29-6-2)32(4)28-26-9-7-8-10-27(26)30-20(3)31-28/h6-10,12-13,15-19,29H,2,5,11,14H2,1,3-4H3. The number of para-hydroxylation sites is 1. The largest absolute Gasteiger partial charge is 0.362 e. The summed E-state index contributed by atoms with van der Waals surface area (Å²) in [6, 6.07) is 23.5. The van der Waals surface area contributed by atoms with Crippen molar-refractivity contribution in [2.24, 2.45) is 0 Å². The Morgan fingerprint density at radius 1 is 0.938 bits per heavy atom. The number of aryl methyl sites for hydroxylation is 4. The molecular weight excluding hydrogens is 392 g/mol. The molecule has 4 nitrogen and oxygen atoms in total. The van der Waals surface area contributed by atoms with Gasteiger partial charge in [-0.15, -0.1) is 0 Å². The summed E-state index contributed by atoms with van der Waals surface area (Å²) in [4.78, 5) is 11.5. The molecule has 0 unspecified atom stereocenters. The average Bonchev–Trinajstić information content (AvgIpc) is 2.82. The number of rotatable bonds is 8. The minimum atomic E-state index is 0.783. The fourth-order valence-electron chi connectivity index (χ4n) is 4.11. The first-order valence-electron chi connectivity index (χ1n) is 11.1. The van der Waals surface area contributed by atoms with E-state index in [4.69, 9.17) is 4.98 Å². The van der Waals surface area contributed by atoms with Crippen LogP contribution in [0.5, 0.6) is 0 Å². The van der Waals surface area contributed by atoms with Crippen molar-refractivity contribution in [1.82, 2.24) is 9.97 Å².